The molecule has 0 aromatic carbocycles. The zero-order valence-electron chi connectivity index (χ0n) is 23.8. The highest BCUT2D eigenvalue weighted by atomic mass is 16.6. The minimum atomic E-state index is -1.81. The molecule has 5 N–H and O–H groups in total. The van der Waals surface area contributed by atoms with Gasteiger partial charge in [-0.1, -0.05) is 40.7 Å². The van der Waals surface area contributed by atoms with Crippen LogP contribution in [0, 0.1) is 33.5 Å². The molecule has 1 spiro atoms. The molecule has 5 rings (SSSR count). The Kier molecular flexibility index (Phi) is 5.94. The van der Waals surface area contributed by atoms with Crippen molar-refractivity contribution < 1.29 is 44.7 Å². The van der Waals surface area contributed by atoms with Gasteiger partial charge in [0.2, 0.25) is 0 Å². The number of carbonyl (C=O) groups excluding carboxylic acids is 2. The van der Waals surface area contributed by atoms with Gasteiger partial charge in [0.15, 0.2) is 5.78 Å². The molecule has 1 aliphatic heterocycles. The Morgan fingerprint density at radius 3 is 2.36 bits per heavy atom. The number of carboxylic acid groups (broad SMARTS) is 1. The molecule has 1 saturated heterocycles. The molecule has 0 aromatic heterocycles. The molecule has 11 atom stereocenters. The first-order valence-electron chi connectivity index (χ1n) is 13.9. The first-order valence-corrected chi connectivity index (χ1v) is 13.9. The van der Waals surface area contributed by atoms with Crippen LogP contribution in [0.15, 0.2) is 23.3 Å². The second-order valence-electron chi connectivity index (χ2n) is 14.3. The third-order valence-corrected chi connectivity index (χ3v) is 11.7. The molecule has 3 unspecified atom stereocenters. The van der Waals surface area contributed by atoms with E-state index in [1.165, 1.54) is 19.9 Å². The lowest BCUT2D eigenvalue weighted by Gasteiger charge is -2.62. The summed E-state index contributed by atoms with van der Waals surface area (Å²) in [4.78, 5) is 38.3. The Morgan fingerprint density at radius 2 is 1.77 bits per heavy atom. The van der Waals surface area contributed by atoms with Gasteiger partial charge in [0.05, 0.1) is 41.3 Å². The molecular weight excluding hydrogens is 504 g/mol. The maximum atomic E-state index is 14.2. The number of carboxylic acids is 1. The van der Waals surface area contributed by atoms with E-state index in [9.17, 15) is 39.9 Å². The van der Waals surface area contributed by atoms with E-state index in [1.807, 2.05) is 20.8 Å². The van der Waals surface area contributed by atoms with Gasteiger partial charge in [-0.05, 0) is 60.7 Å². The number of carbonyl (C=O) groups is 3. The lowest BCUT2D eigenvalue weighted by atomic mass is 9.40. The van der Waals surface area contributed by atoms with Crippen molar-refractivity contribution >= 4 is 17.5 Å². The summed E-state index contributed by atoms with van der Waals surface area (Å²) in [5.41, 5.74) is -5.81. The third kappa shape index (κ3) is 3.28. The summed E-state index contributed by atoms with van der Waals surface area (Å²) in [5.74, 6) is -2.88. The van der Waals surface area contributed by atoms with Gasteiger partial charge in [-0.3, -0.25) is 14.4 Å². The molecule has 39 heavy (non-hydrogen) atoms. The number of allylic oxidation sites excluding steroid dienone is 1. The highest BCUT2D eigenvalue weighted by Gasteiger charge is 2.85. The normalized spacial score (nSPS) is 47.9. The molecule has 9 heteroatoms. The van der Waals surface area contributed by atoms with E-state index in [1.54, 1.807) is 19.9 Å². The minimum absolute atomic E-state index is 0.0843. The molecule has 216 valence electrons. The molecule has 5 aliphatic rings. The molecular formula is C30H42O9. The minimum Gasteiger partial charge on any atom is -0.481 e. The Bertz CT molecular complexity index is 1210. The molecule has 9 nitrogen and oxygen atoms in total. The molecule has 4 aliphatic carbocycles. The van der Waals surface area contributed by atoms with E-state index < -0.39 is 75.3 Å². The number of fused-ring (bicyclic) bond motifs is 3. The summed E-state index contributed by atoms with van der Waals surface area (Å²) in [6, 6.07) is 0. The van der Waals surface area contributed by atoms with Gasteiger partial charge in [0.25, 0.3) is 0 Å². The summed E-state index contributed by atoms with van der Waals surface area (Å²) in [6.07, 6.45) is -0.200. The van der Waals surface area contributed by atoms with Gasteiger partial charge >= 0.3 is 5.97 Å². The number of ketones is 2. The van der Waals surface area contributed by atoms with Crippen LogP contribution in [-0.2, 0) is 19.1 Å². The molecule has 0 amide bonds. The van der Waals surface area contributed by atoms with Crippen LogP contribution in [-0.4, -0.2) is 78.7 Å². The number of aliphatic hydroxyl groups is 4. The number of aliphatic carboxylic acids is 1. The van der Waals surface area contributed by atoms with Crippen LogP contribution in [0.3, 0.4) is 0 Å². The predicted molar refractivity (Wildman–Crippen MR) is 139 cm³/mol. The van der Waals surface area contributed by atoms with Crippen LogP contribution in [0.4, 0.5) is 0 Å². The number of Topliss-reactive ketones (excluding diaryl/α,β-unsaturated/α-hetero) is 1. The number of rotatable bonds is 6. The van der Waals surface area contributed by atoms with Crippen molar-refractivity contribution in [3.05, 3.63) is 23.3 Å². The van der Waals surface area contributed by atoms with Gasteiger partial charge in [0.1, 0.15) is 11.4 Å². The second-order valence-corrected chi connectivity index (χ2v) is 14.3. The Hall–Kier alpha value is -1.91. The summed E-state index contributed by atoms with van der Waals surface area (Å²) >= 11 is 0. The van der Waals surface area contributed by atoms with Crippen molar-refractivity contribution in [1.29, 1.82) is 0 Å². The van der Waals surface area contributed by atoms with Gasteiger partial charge in [-0.2, -0.15) is 0 Å². The molecule has 0 radical (unpaired) electrons. The smallest absolute Gasteiger partial charge is 0.306 e. The largest absolute Gasteiger partial charge is 0.481 e. The average Bonchev–Trinajstić information content (AvgIpc) is 3.49. The molecule has 3 fully saturated rings. The van der Waals surface area contributed by atoms with Crippen molar-refractivity contribution in [2.75, 3.05) is 0 Å². The number of hydrogen-bond acceptors (Lipinski definition) is 8. The third-order valence-electron chi connectivity index (χ3n) is 11.7. The van der Waals surface area contributed by atoms with Crippen LogP contribution >= 0.6 is 0 Å². The van der Waals surface area contributed by atoms with Crippen molar-refractivity contribution in [3.8, 4) is 0 Å². The molecule has 2 saturated carbocycles. The van der Waals surface area contributed by atoms with Crippen molar-refractivity contribution in [2.24, 2.45) is 33.5 Å². The summed E-state index contributed by atoms with van der Waals surface area (Å²) < 4.78 is 6.52. The summed E-state index contributed by atoms with van der Waals surface area (Å²) in [5, 5.41) is 54.2. The Morgan fingerprint density at radius 1 is 1.15 bits per heavy atom. The SMILES string of the molecule is CC(CC(=O)CC(C)(O)C1=C[C@@H](O)[C@]2(C)[C@]1(C)C(=O)C=C1[C@]23O[C@H]3CC2C(C)(C)[C@@H](O)[C@H](O)C[C@]12C)C(=O)O. The molecule has 1 heterocycles. The van der Waals surface area contributed by atoms with Gasteiger partial charge in [-0.25, -0.2) is 0 Å². The summed E-state index contributed by atoms with van der Waals surface area (Å²) in [6.45, 7) is 12.2. The second kappa shape index (κ2) is 8.10. The maximum Gasteiger partial charge on any atom is 0.306 e. The first kappa shape index (κ1) is 28.6. The fourth-order valence-electron chi connectivity index (χ4n) is 9.38. The van der Waals surface area contributed by atoms with Crippen molar-refractivity contribution in [3.63, 3.8) is 0 Å². The number of hydrogen-bond donors (Lipinski definition) is 5. The monoisotopic (exact) mass is 546 g/mol. The fraction of sp³-hybridized carbons (Fsp3) is 0.767. The quantitative estimate of drug-likeness (QED) is 0.247. The van der Waals surface area contributed by atoms with E-state index in [2.05, 4.69) is 0 Å². The van der Waals surface area contributed by atoms with Crippen LogP contribution in [0.25, 0.3) is 0 Å². The van der Waals surface area contributed by atoms with E-state index in [4.69, 9.17) is 4.74 Å². The van der Waals surface area contributed by atoms with E-state index in [0.29, 0.717) is 6.42 Å². The molecule has 0 aromatic rings. The van der Waals surface area contributed by atoms with Crippen molar-refractivity contribution in [2.45, 2.75) is 110 Å². The van der Waals surface area contributed by atoms with Gasteiger partial charge in [0, 0.05) is 18.3 Å². The Labute approximate surface area is 228 Å². The topological polar surface area (TPSA) is 165 Å². The van der Waals surface area contributed by atoms with Crippen molar-refractivity contribution in [1.82, 2.24) is 0 Å². The van der Waals surface area contributed by atoms with Crippen LogP contribution in [0.5, 0.6) is 0 Å². The zero-order valence-corrected chi connectivity index (χ0v) is 23.8. The zero-order chi connectivity index (χ0) is 29.3. The van der Waals surface area contributed by atoms with E-state index in [-0.39, 0.29) is 36.2 Å². The first-order chi connectivity index (χ1) is 17.7. The average molecular weight is 547 g/mol. The maximum absolute atomic E-state index is 14.2. The number of aliphatic hydroxyl groups excluding tert-OH is 3. The van der Waals surface area contributed by atoms with Gasteiger partial charge in [-0.15, -0.1) is 0 Å². The van der Waals surface area contributed by atoms with Gasteiger partial charge < -0.3 is 30.3 Å². The highest BCUT2D eigenvalue weighted by Crippen LogP contribution is 2.79. The highest BCUT2D eigenvalue weighted by molar-refractivity contribution is 6.02. The van der Waals surface area contributed by atoms with E-state index in [0.717, 1.165) is 5.57 Å². The molecule has 0 bridgehead atoms. The summed E-state index contributed by atoms with van der Waals surface area (Å²) in [7, 11) is 0. The van der Waals surface area contributed by atoms with Crippen LogP contribution in [0.2, 0.25) is 0 Å². The number of ether oxygens (including phenoxy) is 1. The predicted octanol–water partition coefficient (Wildman–Crippen LogP) is 1.95. The van der Waals surface area contributed by atoms with Crippen LogP contribution < -0.4 is 0 Å². The fourth-order valence-corrected chi connectivity index (χ4v) is 9.38. The Balaban J connectivity index is 1.58. The van der Waals surface area contributed by atoms with Crippen LogP contribution in [0.1, 0.15) is 74.1 Å². The lowest BCUT2D eigenvalue weighted by Crippen LogP contribution is -2.68. The van der Waals surface area contributed by atoms with E-state index >= 15 is 0 Å². The number of epoxide rings is 1. The lowest BCUT2D eigenvalue weighted by molar-refractivity contribution is -0.167. The standard InChI is InChI=1S/C30H42O9/c1-14(24(36)37)8-15(31)12-27(5,38)19-10-21(34)29(7)28(19,6)20(33)9-18-26(4)13-16(32)23(35)25(2,3)17(26)11-22-30(18,29)39-22/h9-10,14,16-17,21-23,32,34-35,38H,8,11-13H2,1-7H3,(H,36,37)/t14?,16-,17?,21-,22+,23+,26+,27?,28+,29-,30-/m1/s1.